The fourth-order valence-corrected chi connectivity index (χ4v) is 3.65. The average molecular weight is 443 g/mol. The molecule has 1 N–H and O–H groups in total. The van der Waals surface area contributed by atoms with Crippen LogP contribution in [0.15, 0.2) is 84.6 Å². The summed E-state index contributed by atoms with van der Waals surface area (Å²) in [6.07, 6.45) is 0.895. The van der Waals surface area contributed by atoms with Gasteiger partial charge in [0.1, 0.15) is 17.2 Å². The van der Waals surface area contributed by atoms with Crippen LogP contribution < -0.4 is 14.8 Å². The van der Waals surface area contributed by atoms with Gasteiger partial charge in [-0.1, -0.05) is 55.5 Å². The van der Waals surface area contributed by atoms with E-state index < -0.39 is 0 Å². The second kappa shape index (κ2) is 10.0. The number of carbonyl (C=O) groups is 2. The highest BCUT2D eigenvalue weighted by atomic mass is 16.5. The normalized spacial score (nSPS) is 13.5. The Labute approximate surface area is 193 Å². The van der Waals surface area contributed by atoms with Crippen LogP contribution >= 0.6 is 0 Å². The molecule has 1 aliphatic rings. The van der Waals surface area contributed by atoms with E-state index in [2.05, 4.69) is 5.32 Å². The SMILES string of the molecule is CCCOc1cccc(NC2=C(c3ccc(OC)cc3)C(=O)N(Cc3ccccc3)C2=O)c1. The lowest BCUT2D eigenvalue weighted by Crippen LogP contribution is -2.31. The topological polar surface area (TPSA) is 67.9 Å². The number of methoxy groups -OCH3 is 1. The minimum atomic E-state index is -0.366. The Balaban J connectivity index is 1.70. The van der Waals surface area contributed by atoms with E-state index in [1.165, 1.54) is 4.90 Å². The maximum absolute atomic E-state index is 13.4. The van der Waals surface area contributed by atoms with Crippen LogP contribution in [0.2, 0.25) is 0 Å². The van der Waals surface area contributed by atoms with Gasteiger partial charge in [0.2, 0.25) is 0 Å². The van der Waals surface area contributed by atoms with Gasteiger partial charge in [-0.25, -0.2) is 0 Å². The molecule has 4 rings (SSSR count). The van der Waals surface area contributed by atoms with Crippen molar-refractivity contribution in [2.45, 2.75) is 19.9 Å². The number of nitrogens with one attached hydrogen (secondary N) is 1. The molecule has 33 heavy (non-hydrogen) atoms. The summed E-state index contributed by atoms with van der Waals surface area (Å²) in [5, 5.41) is 3.19. The molecule has 0 aliphatic carbocycles. The van der Waals surface area contributed by atoms with Crippen LogP contribution in [-0.2, 0) is 16.1 Å². The first-order chi connectivity index (χ1) is 16.1. The van der Waals surface area contributed by atoms with Gasteiger partial charge in [0, 0.05) is 11.8 Å². The van der Waals surface area contributed by atoms with Crippen molar-refractivity contribution in [3.05, 3.63) is 95.7 Å². The van der Waals surface area contributed by atoms with Crippen molar-refractivity contribution < 1.29 is 19.1 Å². The van der Waals surface area contributed by atoms with Gasteiger partial charge in [0.25, 0.3) is 11.8 Å². The summed E-state index contributed by atoms with van der Waals surface area (Å²) < 4.78 is 11.0. The molecule has 3 aromatic carbocycles. The van der Waals surface area contributed by atoms with Crippen molar-refractivity contribution in [3.63, 3.8) is 0 Å². The lowest BCUT2D eigenvalue weighted by Gasteiger charge is -2.15. The van der Waals surface area contributed by atoms with Gasteiger partial charge in [0.05, 0.1) is 25.8 Å². The van der Waals surface area contributed by atoms with Crippen molar-refractivity contribution in [2.75, 3.05) is 19.0 Å². The van der Waals surface area contributed by atoms with E-state index in [-0.39, 0.29) is 24.1 Å². The Morgan fingerprint density at radius 2 is 1.61 bits per heavy atom. The van der Waals surface area contributed by atoms with Gasteiger partial charge >= 0.3 is 0 Å². The molecule has 1 heterocycles. The predicted octanol–water partition coefficient (Wildman–Crippen LogP) is 4.88. The summed E-state index contributed by atoms with van der Waals surface area (Å²) in [6.45, 7) is 2.84. The Bertz CT molecular complexity index is 1170. The Hall–Kier alpha value is -4.06. The molecular formula is C27H26N2O4. The lowest BCUT2D eigenvalue weighted by molar-refractivity contribution is -0.137. The van der Waals surface area contributed by atoms with Gasteiger partial charge in [-0.2, -0.15) is 0 Å². The largest absolute Gasteiger partial charge is 0.497 e. The highest BCUT2D eigenvalue weighted by molar-refractivity contribution is 6.36. The molecule has 0 radical (unpaired) electrons. The number of amides is 2. The molecule has 0 spiro atoms. The summed E-state index contributed by atoms with van der Waals surface area (Å²) in [7, 11) is 1.58. The smallest absolute Gasteiger partial charge is 0.278 e. The first-order valence-corrected chi connectivity index (χ1v) is 10.9. The van der Waals surface area contributed by atoms with Gasteiger partial charge in [-0.3, -0.25) is 14.5 Å². The number of benzene rings is 3. The highest BCUT2D eigenvalue weighted by Gasteiger charge is 2.39. The van der Waals surface area contributed by atoms with E-state index in [9.17, 15) is 9.59 Å². The van der Waals surface area contributed by atoms with Crippen molar-refractivity contribution >= 4 is 23.1 Å². The molecule has 168 valence electrons. The predicted molar refractivity (Wildman–Crippen MR) is 128 cm³/mol. The number of anilines is 1. The molecule has 3 aromatic rings. The number of hydrogen-bond acceptors (Lipinski definition) is 5. The lowest BCUT2D eigenvalue weighted by atomic mass is 10.0. The molecule has 0 saturated heterocycles. The maximum atomic E-state index is 13.4. The zero-order valence-corrected chi connectivity index (χ0v) is 18.7. The van der Waals surface area contributed by atoms with Gasteiger partial charge < -0.3 is 14.8 Å². The zero-order valence-electron chi connectivity index (χ0n) is 18.7. The van der Waals surface area contributed by atoms with E-state index in [0.29, 0.717) is 34.9 Å². The second-order valence-corrected chi connectivity index (χ2v) is 7.66. The molecule has 0 unspecified atom stereocenters. The summed E-state index contributed by atoms with van der Waals surface area (Å²) in [4.78, 5) is 28.1. The Kier molecular flexibility index (Phi) is 6.74. The second-order valence-electron chi connectivity index (χ2n) is 7.66. The molecule has 1 aliphatic heterocycles. The minimum Gasteiger partial charge on any atom is -0.497 e. The fourth-order valence-electron chi connectivity index (χ4n) is 3.65. The number of ether oxygens (including phenoxy) is 2. The molecule has 0 aromatic heterocycles. The van der Waals surface area contributed by atoms with E-state index >= 15 is 0 Å². The minimum absolute atomic E-state index is 0.197. The number of carbonyl (C=O) groups excluding carboxylic acids is 2. The number of nitrogens with zero attached hydrogens (tertiary/aromatic N) is 1. The molecular weight excluding hydrogens is 416 g/mol. The number of rotatable bonds is 9. The van der Waals surface area contributed by atoms with Crippen molar-refractivity contribution in [2.24, 2.45) is 0 Å². The van der Waals surface area contributed by atoms with Crippen LogP contribution in [0.5, 0.6) is 11.5 Å². The van der Waals surface area contributed by atoms with Crippen molar-refractivity contribution in [3.8, 4) is 11.5 Å². The molecule has 0 bridgehead atoms. The van der Waals surface area contributed by atoms with Crippen LogP contribution in [0.1, 0.15) is 24.5 Å². The van der Waals surface area contributed by atoms with E-state index in [1.807, 2.05) is 61.5 Å². The quantitative estimate of drug-likeness (QED) is 0.479. The third-order valence-electron chi connectivity index (χ3n) is 5.31. The molecule has 6 heteroatoms. The first kappa shape index (κ1) is 22.1. The molecule has 6 nitrogen and oxygen atoms in total. The Morgan fingerprint density at radius 1 is 0.848 bits per heavy atom. The summed E-state index contributed by atoms with van der Waals surface area (Å²) >= 11 is 0. The van der Waals surface area contributed by atoms with Gasteiger partial charge in [-0.05, 0) is 41.8 Å². The van der Waals surface area contributed by atoms with E-state index in [1.54, 1.807) is 31.4 Å². The van der Waals surface area contributed by atoms with Crippen LogP contribution in [0.3, 0.4) is 0 Å². The summed E-state index contributed by atoms with van der Waals surface area (Å²) in [5.74, 6) is 0.670. The van der Waals surface area contributed by atoms with Crippen LogP contribution in [0.25, 0.3) is 5.57 Å². The molecule has 2 amide bonds. The van der Waals surface area contributed by atoms with Gasteiger partial charge in [0.15, 0.2) is 0 Å². The van der Waals surface area contributed by atoms with Gasteiger partial charge in [-0.15, -0.1) is 0 Å². The third kappa shape index (κ3) is 4.90. The van der Waals surface area contributed by atoms with Crippen LogP contribution in [0, 0.1) is 0 Å². The van der Waals surface area contributed by atoms with Crippen molar-refractivity contribution in [1.29, 1.82) is 0 Å². The summed E-state index contributed by atoms with van der Waals surface area (Å²) in [6, 6.07) is 24.0. The standard InChI is InChI=1S/C27H26N2O4/c1-3-16-33-23-11-7-10-21(17-23)28-25-24(20-12-14-22(32-2)15-13-20)26(30)29(27(25)31)18-19-8-5-4-6-9-19/h4-15,17,28H,3,16,18H2,1-2H3. The molecule has 0 fully saturated rings. The van der Waals surface area contributed by atoms with Crippen LogP contribution in [-0.4, -0.2) is 30.4 Å². The van der Waals surface area contributed by atoms with Crippen molar-refractivity contribution in [1.82, 2.24) is 4.90 Å². The summed E-state index contributed by atoms with van der Waals surface area (Å²) in [5.41, 5.74) is 2.77. The monoisotopic (exact) mass is 442 g/mol. The fraction of sp³-hybridized carbons (Fsp3) is 0.185. The highest BCUT2D eigenvalue weighted by Crippen LogP contribution is 2.33. The molecule has 0 atom stereocenters. The zero-order chi connectivity index (χ0) is 23.2. The average Bonchev–Trinajstić information content (AvgIpc) is 3.08. The van der Waals surface area contributed by atoms with Crippen LogP contribution in [0.4, 0.5) is 5.69 Å². The number of imide groups is 1. The first-order valence-electron chi connectivity index (χ1n) is 10.9. The van der Waals surface area contributed by atoms with E-state index in [4.69, 9.17) is 9.47 Å². The Morgan fingerprint density at radius 3 is 2.30 bits per heavy atom. The maximum Gasteiger partial charge on any atom is 0.278 e. The molecule has 0 saturated carbocycles. The third-order valence-corrected chi connectivity index (χ3v) is 5.31. The van der Waals surface area contributed by atoms with E-state index in [0.717, 1.165) is 12.0 Å². The number of hydrogen-bond donors (Lipinski definition) is 1.